The number of nitrogens with zero attached hydrogens (tertiary/aromatic N) is 1. The van der Waals surface area contributed by atoms with Crippen molar-refractivity contribution in [3.05, 3.63) is 35.9 Å². The summed E-state index contributed by atoms with van der Waals surface area (Å²) in [6.07, 6.45) is 1.60. The molecule has 0 spiro atoms. The summed E-state index contributed by atoms with van der Waals surface area (Å²) >= 11 is 0. The Morgan fingerprint density at radius 1 is 1.36 bits per heavy atom. The van der Waals surface area contributed by atoms with Crippen LogP contribution in [0.5, 0.6) is 0 Å². The molecule has 0 heterocycles. The van der Waals surface area contributed by atoms with E-state index in [0.717, 1.165) is 16.8 Å². The van der Waals surface area contributed by atoms with Crippen LogP contribution in [0.1, 0.15) is 19.4 Å². The van der Waals surface area contributed by atoms with Crippen LogP contribution in [0, 0.1) is 0 Å². The molecule has 72 valence electrons. The van der Waals surface area contributed by atoms with Crippen LogP contribution in [-0.2, 0) is 4.79 Å². The van der Waals surface area contributed by atoms with Gasteiger partial charge in [0, 0.05) is 5.56 Å². The zero-order valence-electron chi connectivity index (χ0n) is 8.45. The van der Waals surface area contributed by atoms with E-state index >= 15 is 0 Å². The summed E-state index contributed by atoms with van der Waals surface area (Å²) in [6, 6.07) is 7.62. The highest BCUT2D eigenvalue weighted by Gasteiger charge is 2.01. The summed E-state index contributed by atoms with van der Waals surface area (Å²) < 4.78 is 0. The van der Waals surface area contributed by atoms with Crippen molar-refractivity contribution in [3.63, 3.8) is 0 Å². The van der Waals surface area contributed by atoms with Gasteiger partial charge in [-0.3, -0.25) is 9.79 Å². The van der Waals surface area contributed by atoms with E-state index in [2.05, 4.69) is 11.7 Å². The molecule has 14 heavy (non-hydrogen) atoms. The first-order valence-corrected chi connectivity index (χ1v) is 4.40. The Labute approximate surface area is 84.0 Å². The molecule has 0 unspecified atom stereocenters. The number of hydrogen-bond donors (Lipinski definition) is 0. The van der Waals surface area contributed by atoms with Crippen LogP contribution in [0.4, 0.5) is 5.69 Å². The number of ketones is 1. The highest BCUT2D eigenvalue weighted by molar-refractivity contribution is 5.95. The first kappa shape index (κ1) is 10.4. The van der Waals surface area contributed by atoms with Crippen LogP contribution in [0.2, 0.25) is 0 Å². The van der Waals surface area contributed by atoms with Crippen LogP contribution >= 0.6 is 0 Å². The molecule has 1 rings (SSSR count). The van der Waals surface area contributed by atoms with Crippen LogP contribution in [0.25, 0.3) is 5.57 Å². The third-order valence-corrected chi connectivity index (χ3v) is 1.92. The Bertz CT molecular complexity index is 391. The lowest BCUT2D eigenvalue weighted by atomic mass is 10.0. The molecule has 0 radical (unpaired) electrons. The number of hydrogen-bond acceptors (Lipinski definition) is 2. The van der Waals surface area contributed by atoms with Gasteiger partial charge in [-0.05, 0) is 38.3 Å². The standard InChI is InChI=1S/C12H13NO/c1-9(8-10(2)14)11-6-4-5-7-12(11)13-3/h4-8H,3H2,1-2H3. The molecule has 0 aliphatic heterocycles. The fourth-order valence-electron chi connectivity index (χ4n) is 1.33. The Morgan fingerprint density at radius 2 is 2.00 bits per heavy atom. The maximum absolute atomic E-state index is 10.9. The number of benzene rings is 1. The molecular weight excluding hydrogens is 174 g/mol. The molecule has 2 heteroatoms. The van der Waals surface area contributed by atoms with E-state index < -0.39 is 0 Å². The molecule has 0 fully saturated rings. The molecule has 0 aromatic heterocycles. The molecule has 1 aromatic rings. The zero-order valence-corrected chi connectivity index (χ0v) is 8.45. The first-order chi connectivity index (χ1) is 6.65. The summed E-state index contributed by atoms with van der Waals surface area (Å²) in [5, 5.41) is 0. The maximum atomic E-state index is 10.9. The van der Waals surface area contributed by atoms with E-state index in [0.29, 0.717) is 0 Å². The monoisotopic (exact) mass is 187 g/mol. The van der Waals surface area contributed by atoms with Crippen molar-refractivity contribution in [2.45, 2.75) is 13.8 Å². The molecule has 0 N–H and O–H groups in total. The number of allylic oxidation sites excluding steroid dienone is 2. The molecule has 0 aliphatic carbocycles. The molecule has 2 nitrogen and oxygen atoms in total. The average Bonchev–Trinajstić information content (AvgIpc) is 2.16. The van der Waals surface area contributed by atoms with E-state index in [-0.39, 0.29) is 5.78 Å². The number of aliphatic imine (C=N–C) groups is 1. The Hall–Kier alpha value is -1.70. The van der Waals surface area contributed by atoms with Crippen molar-refractivity contribution in [3.8, 4) is 0 Å². The van der Waals surface area contributed by atoms with Crippen molar-refractivity contribution < 1.29 is 4.79 Å². The third-order valence-electron chi connectivity index (χ3n) is 1.92. The second-order valence-corrected chi connectivity index (χ2v) is 3.11. The highest BCUT2D eigenvalue weighted by atomic mass is 16.1. The van der Waals surface area contributed by atoms with Gasteiger partial charge in [-0.15, -0.1) is 0 Å². The largest absolute Gasteiger partial charge is 0.295 e. The highest BCUT2D eigenvalue weighted by Crippen LogP contribution is 2.25. The van der Waals surface area contributed by atoms with Gasteiger partial charge in [-0.1, -0.05) is 18.2 Å². The minimum absolute atomic E-state index is 0.0429. The summed E-state index contributed by atoms with van der Waals surface area (Å²) in [5.74, 6) is 0.0429. The number of carbonyl (C=O) groups excluding carboxylic acids is 1. The van der Waals surface area contributed by atoms with Gasteiger partial charge in [0.25, 0.3) is 0 Å². The van der Waals surface area contributed by atoms with Crippen LogP contribution in [0.3, 0.4) is 0 Å². The van der Waals surface area contributed by atoms with Crippen molar-refractivity contribution >= 4 is 23.8 Å². The second kappa shape index (κ2) is 4.51. The summed E-state index contributed by atoms with van der Waals surface area (Å²) in [7, 11) is 0. The van der Waals surface area contributed by atoms with Gasteiger partial charge >= 0.3 is 0 Å². The smallest absolute Gasteiger partial charge is 0.152 e. The van der Waals surface area contributed by atoms with E-state index in [9.17, 15) is 4.79 Å². The summed E-state index contributed by atoms with van der Waals surface area (Å²) in [4.78, 5) is 14.8. The van der Waals surface area contributed by atoms with Crippen molar-refractivity contribution in [1.29, 1.82) is 0 Å². The lowest BCUT2D eigenvalue weighted by Crippen LogP contribution is -1.86. The lowest BCUT2D eigenvalue weighted by Gasteiger charge is -2.04. The SMILES string of the molecule is C=Nc1ccccc1C(C)=CC(C)=O. The lowest BCUT2D eigenvalue weighted by molar-refractivity contribution is -0.112. The molecule has 0 aliphatic rings. The number of rotatable bonds is 3. The van der Waals surface area contributed by atoms with E-state index in [1.165, 1.54) is 6.92 Å². The van der Waals surface area contributed by atoms with Gasteiger partial charge in [0.05, 0.1) is 5.69 Å². The minimum Gasteiger partial charge on any atom is -0.295 e. The predicted molar refractivity (Wildman–Crippen MR) is 60.0 cm³/mol. The Kier molecular flexibility index (Phi) is 3.35. The molecule has 1 aromatic carbocycles. The predicted octanol–water partition coefficient (Wildman–Crippen LogP) is 3.01. The maximum Gasteiger partial charge on any atom is 0.152 e. The number of carbonyl (C=O) groups is 1. The van der Waals surface area contributed by atoms with Gasteiger partial charge in [0.15, 0.2) is 5.78 Å². The second-order valence-electron chi connectivity index (χ2n) is 3.11. The van der Waals surface area contributed by atoms with Crippen LogP contribution in [-0.4, -0.2) is 12.5 Å². The quantitative estimate of drug-likeness (QED) is 0.528. The third kappa shape index (κ3) is 2.39. The van der Waals surface area contributed by atoms with Gasteiger partial charge in [-0.25, -0.2) is 0 Å². The van der Waals surface area contributed by atoms with Gasteiger partial charge in [0.2, 0.25) is 0 Å². The normalized spacial score (nSPS) is 11.1. The molecule has 0 saturated heterocycles. The van der Waals surface area contributed by atoms with Gasteiger partial charge in [0.1, 0.15) is 0 Å². The Balaban J connectivity index is 3.18. The number of para-hydroxylation sites is 1. The molecule has 0 amide bonds. The van der Waals surface area contributed by atoms with E-state index in [4.69, 9.17) is 0 Å². The topological polar surface area (TPSA) is 29.4 Å². The average molecular weight is 187 g/mol. The van der Waals surface area contributed by atoms with E-state index in [1.807, 2.05) is 31.2 Å². The first-order valence-electron chi connectivity index (χ1n) is 4.40. The van der Waals surface area contributed by atoms with Crippen molar-refractivity contribution in [2.75, 3.05) is 0 Å². The molecule has 0 bridgehead atoms. The molecule has 0 saturated carbocycles. The van der Waals surface area contributed by atoms with Crippen LogP contribution in [0.15, 0.2) is 35.3 Å². The molecular formula is C12H13NO. The van der Waals surface area contributed by atoms with Gasteiger partial charge < -0.3 is 0 Å². The van der Waals surface area contributed by atoms with Gasteiger partial charge in [-0.2, -0.15) is 0 Å². The zero-order chi connectivity index (χ0) is 10.6. The Morgan fingerprint density at radius 3 is 2.57 bits per heavy atom. The van der Waals surface area contributed by atoms with Crippen molar-refractivity contribution in [1.82, 2.24) is 0 Å². The van der Waals surface area contributed by atoms with E-state index in [1.54, 1.807) is 6.08 Å². The fourth-order valence-corrected chi connectivity index (χ4v) is 1.33. The van der Waals surface area contributed by atoms with Crippen LogP contribution < -0.4 is 0 Å². The van der Waals surface area contributed by atoms with Crippen molar-refractivity contribution in [2.24, 2.45) is 4.99 Å². The summed E-state index contributed by atoms with van der Waals surface area (Å²) in [6.45, 7) is 6.92. The fraction of sp³-hybridized carbons (Fsp3) is 0.167. The minimum atomic E-state index is 0.0429. The molecule has 0 atom stereocenters. The summed E-state index contributed by atoms with van der Waals surface area (Å²) in [5.41, 5.74) is 2.68.